The number of ether oxygens (including phenoxy) is 1. The normalized spacial score (nSPS) is 28.8. The number of hydrazine groups is 1. The first-order valence-electron chi connectivity index (χ1n) is 15.4. The number of anilines is 2. The number of methoxy groups -OCH3 is 1. The quantitative estimate of drug-likeness (QED) is 0.141. The number of phenols is 1. The van der Waals surface area contributed by atoms with Crippen LogP contribution in [0.25, 0.3) is 0 Å². The zero-order chi connectivity index (χ0) is 36.9. The summed E-state index contributed by atoms with van der Waals surface area (Å²) >= 11 is 20.8. The van der Waals surface area contributed by atoms with E-state index in [1.807, 2.05) is 0 Å². The lowest BCUT2D eigenvalue weighted by molar-refractivity contribution is -0.141. The lowest BCUT2D eigenvalue weighted by Crippen LogP contribution is -2.60. The van der Waals surface area contributed by atoms with E-state index in [2.05, 4.69) is 4.98 Å². The Morgan fingerprint density at radius 1 is 0.980 bits per heavy atom. The standard InChI is InChI=1S/C34H25Cl3F4N4O6/c1-43(27-21(35)12-13-23(42-27)34(39,40)41)45-28(47)18-11-10-17-20(24(18)29(45)48)14-32(36)30(49)44(16-8-6-15(38)7-9-16)31(50)33(32,37)25(17)19-4-3-5-22(51-2)26(19)46/h3-10,12-13,18,20,24-25,46H,11,14H2,1-2H3/t18-,20+,24-,25+,32+,33-/m0/s1. The van der Waals surface area contributed by atoms with Gasteiger partial charge in [0.15, 0.2) is 27.1 Å². The van der Waals surface area contributed by atoms with Gasteiger partial charge in [-0.15, -0.1) is 23.2 Å². The Bertz CT molecular complexity index is 2070. The summed E-state index contributed by atoms with van der Waals surface area (Å²) in [4.78, 5) is 56.9. The van der Waals surface area contributed by atoms with Gasteiger partial charge in [-0.25, -0.2) is 14.3 Å². The van der Waals surface area contributed by atoms with Gasteiger partial charge in [0.1, 0.15) is 11.5 Å². The molecular weight excluding hydrogens is 743 g/mol. The van der Waals surface area contributed by atoms with Crippen molar-refractivity contribution < 1.29 is 46.6 Å². The van der Waals surface area contributed by atoms with Crippen molar-refractivity contribution in [3.63, 3.8) is 0 Å². The highest BCUT2D eigenvalue weighted by atomic mass is 35.5. The first-order chi connectivity index (χ1) is 24.0. The fraction of sp³-hybridized carbons (Fsp3) is 0.324. The number of carbonyl (C=O) groups excluding carboxylic acids is 4. The van der Waals surface area contributed by atoms with Crippen LogP contribution in [0.3, 0.4) is 0 Å². The molecule has 10 nitrogen and oxygen atoms in total. The summed E-state index contributed by atoms with van der Waals surface area (Å²) in [5.74, 6) is -9.86. The molecule has 4 aliphatic rings. The van der Waals surface area contributed by atoms with Gasteiger partial charge in [0, 0.05) is 18.5 Å². The number of phenolic OH excluding ortho intramolecular Hbond substituents is 1. The molecule has 1 N–H and O–H groups in total. The Morgan fingerprint density at radius 3 is 2.31 bits per heavy atom. The maximum absolute atomic E-state index is 14.5. The van der Waals surface area contributed by atoms with Crippen molar-refractivity contribution in [1.82, 2.24) is 9.99 Å². The number of rotatable bonds is 5. The van der Waals surface area contributed by atoms with Crippen LogP contribution in [0.2, 0.25) is 5.02 Å². The summed E-state index contributed by atoms with van der Waals surface area (Å²) in [5.41, 5.74) is -0.972. The molecule has 3 fully saturated rings. The van der Waals surface area contributed by atoms with Crippen LogP contribution in [0, 0.1) is 23.6 Å². The minimum absolute atomic E-state index is 0.00176. The van der Waals surface area contributed by atoms with E-state index in [-0.39, 0.29) is 28.4 Å². The Balaban J connectivity index is 1.37. The molecule has 1 aromatic heterocycles. The van der Waals surface area contributed by atoms with Crippen LogP contribution in [0.1, 0.15) is 30.0 Å². The number of benzene rings is 2. The minimum Gasteiger partial charge on any atom is -0.504 e. The molecule has 2 aliphatic carbocycles. The Labute approximate surface area is 302 Å². The number of fused-ring (bicyclic) bond motifs is 4. The van der Waals surface area contributed by atoms with Crippen molar-refractivity contribution in [2.45, 2.75) is 34.7 Å². The minimum atomic E-state index is -4.86. The molecule has 3 heterocycles. The number of halogens is 7. The number of aromatic nitrogens is 1. The average molecular weight is 768 g/mol. The monoisotopic (exact) mass is 766 g/mol. The fourth-order valence-electron chi connectivity index (χ4n) is 7.87. The molecule has 4 amide bonds. The molecule has 0 spiro atoms. The summed E-state index contributed by atoms with van der Waals surface area (Å²) in [6.07, 6.45) is -3.76. The number of para-hydroxylation sites is 1. The fourth-order valence-corrected chi connectivity index (χ4v) is 9.03. The Kier molecular flexibility index (Phi) is 8.12. The number of alkyl halides is 5. The second-order valence-electron chi connectivity index (χ2n) is 12.7. The number of amides is 4. The molecule has 2 saturated heterocycles. The van der Waals surface area contributed by atoms with Crippen LogP contribution in [0.15, 0.2) is 66.2 Å². The topological polar surface area (TPSA) is 120 Å². The van der Waals surface area contributed by atoms with Gasteiger partial charge in [-0.3, -0.25) is 24.2 Å². The average Bonchev–Trinajstić information content (AvgIpc) is 3.42. The van der Waals surface area contributed by atoms with Crippen molar-refractivity contribution in [2.24, 2.45) is 17.8 Å². The molecule has 51 heavy (non-hydrogen) atoms. The zero-order valence-corrected chi connectivity index (χ0v) is 28.7. The molecule has 17 heteroatoms. The maximum atomic E-state index is 14.5. The number of nitrogens with zero attached hydrogens (tertiary/aromatic N) is 4. The van der Waals surface area contributed by atoms with Gasteiger partial charge in [0.05, 0.1) is 29.7 Å². The van der Waals surface area contributed by atoms with Gasteiger partial charge < -0.3 is 9.84 Å². The molecule has 2 aliphatic heterocycles. The van der Waals surface area contributed by atoms with Crippen molar-refractivity contribution in [2.75, 3.05) is 24.1 Å². The van der Waals surface area contributed by atoms with Gasteiger partial charge in [0.2, 0.25) is 0 Å². The molecule has 2 aromatic carbocycles. The van der Waals surface area contributed by atoms with E-state index in [0.717, 1.165) is 28.1 Å². The largest absolute Gasteiger partial charge is 0.504 e. The van der Waals surface area contributed by atoms with E-state index >= 15 is 0 Å². The maximum Gasteiger partial charge on any atom is 0.433 e. The SMILES string of the molecule is COc1cccc([C@H]2C3=CC[C@@H]4C(=O)N(N(C)c5nc(C(F)(F)F)ccc5Cl)C(=O)[C@@H]4[C@@H]3C[C@@]3(Cl)C(=O)N(c4ccc(F)cc4)C(=O)[C@@]23Cl)c1O. The highest BCUT2D eigenvalue weighted by Crippen LogP contribution is 2.67. The number of carbonyl (C=O) groups is 4. The predicted molar refractivity (Wildman–Crippen MR) is 176 cm³/mol. The Hall–Kier alpha value is -4.40. The number of imide groups is 2. The van der Waals surface area contributed by atoms with E-state index in [0.29, 0.717) is 16.6 Å². The van der Waals surface area contributed by atoms with Crippen LogP contribution < -0.4 is 14.6 Å². The van der Waals surface area contributed by atoms with Crippen molar-refractivity contribution >= 4 is 69.9 Å². The third-order valence-corrected chi connectivity index (χ3v) is 11.9. The third kappa shape index (κ3) is 4.86. The molecular formula is C34H25Cl3F4N4O6. The van der Waals surface area contributed by atoms with Gasteiger partial charge in [-0.1, -0.05) is 35.4 Å². The van der Waals surface area contributed by atoms with Crippen LogP contribution in [0.4, 0.5) is 29.1 Å². The molecule has 6 atom stereocenters. The number of hydrogen-bond donors (Lipinski definition) is 1. The summed E-state index contributed by atoms with van der Waals surface area (Å²) < 4.78 is 59.9. The lowest BCUT2D eigenvalue weighted by atomic mass is 9.56. The number of aromatic hydroxyl groups is 1. The van der Waals surface area contributed by atoms with Crippen molar-refractivity contribution in [1.29, 1.82) is 0 Å². The summed E-state index contributed by atoms with van der Waals surface area (Å²) in [7, 11) is 2.47. The van der Waals surface area contributed by atoms with E-state index in [1.54, 1.807) is 6.08 Å². The molecule has 0 bridgehead atoms. The predicted octanol–water partition coefficient (Wildman–Crippen LogP) is 6.22. The van der Waals surface area contributed by atoms with E-state index in [4.69, 9.17) is 39.5 Å². The van der Waals surface area contributed by atoms with Gasteiger partial charge in [-0.2, -0.15) is 18.2 Å². The lowest BCUT2D eigenvalue weighted by Gasteiger charge is -2.50. The summed E-state index contributed by atoms with van der Waals surface area (Å²) in [6.45, 7) is 0. The third-order valence-electron chi connectivity index (χ3n) is 10.2. The number of pyridine rings is 1. The molecule has 3 aromatic rings. The van der Waals surface area contributed by atoms with Crippen molar-refractivity contribution in [3.05, 3.63) is 88.3 Å². The second-order valence-corrected chi connectivity index (χ2v) is 14.3. The van der Waals surface area contributed by atoms with Crippen LogP contribution in [-0.2, 0) is 25.4 Å². The van der Waals surface area contributed by atoms with Crippen molar-refractivity contribution in [3.8, 4) is 11.5 Å². The summed E-state index contributed by atoms with van der Waals surface area (Å²) in [6, 6.07) is 10.5. The van der Waals surface area contributed by atoms with Gasteiger partial charge in [0.25, 0.3) is 23.6 Å². The highest BCUT2D eigenvalue weighted by molar-refractivity contribution is 6.58. The second kappa shape index (κ2) is 11.8. The molecule has 1 saturated carbocycles. The highest BCUT2D eigenvalue weighted by Gasteiger charge is 2.77. The zero-order valence-electron chi connectivity index (χ0n) is 26.4. The van der Waals surface area contributed by atoms with E-state index in [1.165, 1.54) is 44.5 Å². The summed E-state index contributed by atoms with van der Waals surface area (Å²) in [5, 5.41) is 12.6. The molecule has 0 radical (unpaired) electrons. The first-order valence-corrected chi connectivity index (χ1v) is 16.5. The smallest absolute Gasteiger partial charge is 0.433 e. The first kappa shape index (κ1) is 35.0. The molecule has 0 unspecified atom stereocenters. The van der Waals surface area contributed by atoms with Gasteiger partial charge >= 0.3 is 6.18 Å². The molecule has 7 rings (SSSR count). The number of hydrogen-bond acceptors (Lipinski definition) is 8. The van der Waals surface area contributed by atoms with E-state index < -0.39 is 92.7 Å². The number of allylic oxidation sites excluding steroid dienone is 2. The Morgan fingerprint density at radius 2 is 1.67 bits per heavy atom. The van der Waals surface area contributed by atoms with E-state index in [9.17, 15) is 41.8 Å². The van der Waals surface area contributed by atoms with Crippen LogP contribution >= 0.6 is 34.8 Å². The van der Waals surface area contributed by atoms with Gasteiger partial charge in [-0.05, 0) is 61.2 Å². The molecule has 266 valence electrons. The van der Waals surface area contributed by atoms with Crippen LogP contribution in [0.5, 0.6) is 11.5 Å². The van der Waals surface area contributed by atoms with Crippen LogP contribution in [-0.4, -0.2) is 62.6 Å².